The molecule has 0 radical (unpaired) electrons. The molecule has 0 saturated carbocycles. The monoisotopic (exact) mass is 492 g/mol. The third kappa shape index (κ3) is 5.56. The van der Waals surface area contributed by atoms with Crippen LogP contribution in [0.25, 0.3) is 0 Å². The molecule has 4 rings (SSSR count). The summed E-state index contributed by atoms with van der Waals surface area (Å²) < 4.78 is 5.65. The van der Waals surface area contributed by atoms with Crippen molar-refractivity contribution in [1.29, 1.82) is 0 Å². The summed E-state index contributed by atoms with van der Waals surface area (Å²) in [6.45, 7) is 4.09. The fourth-order valence-electron chi connectivity index (χ4n) is 4.95. The van der Waals surface area contributed by atoms with Crippen molar-refractivity contribution in [3.63, 3.8) is 0 Å². The van der Waals surface area contributed by atoms with Gasteiger partial charge in [-0.3, -0.25) is 29.1 Å². The van der Waals surface area contributed by atoms with Crippen molar-refractivity contribution in [2.24, 2.45) is 0 Å². The summed E-state index contributed by atoms with van der Waals surface area (Å²) in [5.41, 5.74) is -0.558. The molecular formula is C27H32N4O5. The summed E-state index contributed by atoms with van der Waals surface area (Å²) in [4.78, 5) is 60.8. The molecule has 0 aliphatic carbocycles. The number of imide groups is 1. The zero-order chi connectivity index (χ0) is 25.5. The van der Waals surface area contributed by atoms with Gasteiger partial charge < -0.3 is 14.5 Å². The largest absolute Gasteiger partial charge is 0.492 e. The molecule has 0 unspecified atom stereocenters. The molecule has 9 nitrogen and oxygen atoms in total. The number of likely N-dealkylation sites (tertiary alicyclic amines) is 1. The average molecular weight is 493 g/mol. The van der Waals surface area contributed by atoms with Crippen LogP contribution >= 0.6 is 0 Å². The highest BCUT2D eigenvalue weighted by atomic mass is 16.5. The maximum absolute atomic E-state index is 13.8. The predicted octanol–water partition coefficient (Wildman–Crippen LogP) is 2.02. The molecule has 190 valence electrons. The minimum atomic E-state index is -1.23. The standard InChI is InChI=1S/C27H32N4O5/c1-21(32)29-12-6-13-30(16-15-29)24(33)18-27(22-8-3-2-4-9-22)19-25(34)31(26(27)35)14-7-17-36-23-10-5-11-28-20-23/h2-5,8-11,20H,6-7,12-19H2,1H3/t27-/m0/s1. The number of hydrogen-bond acceptors (Lipinski definition) is 6. The minimum absolute atomic E-state index is 0.00947. The maximum atomic E-state index is 13.8. The minimum Gasteiger partial charge on any atom is -0.492 e. The first-order valence-corrected chi connectivity index (χ1v) is 12.4. The highest BCUT2D eigenvalue weighted by Gasteiger charge is 2.53. The Kier molecular flexibility index (Phi) is 7.97. The Morgan fingerprint density at radius 3 is 2.47 bits per heavy atom. The zero-order valence-electron chi connectivity index (χ0n) is 20.6. The molecule has 0 bridgehead atoms. The number of pyridine rings is 1. The number of amides is 4. The fraction of sp³-hybridized carbons (Fsp3) is 0.444. The van der Waals surface area contributed by atoms with Crippen LogP contribution in [-0.2, 0) is 24.6 Å². The van der Waals surface area contributed by atoms with Crippen LogP contribution in [0.15, 0.2) is 54.9 Å². The molecule has 36 heavy (non-hydrogen) atoms. The number of nitrogens with zero attached hydrogens (tertiary/aromatic N) is 4. The van der Waals surface area contributed by atoms with Crippen LogP contribution in [0.4, 0.5) is 0 Å². The number of carbonyl (C=O) groups excluding carboxylic acids is 4. The van der Waals surface area contributed by atoms with E-state index in [9.17, 15) is 19.2 Å². The normalized spacial score (nSPS) is 20.4. The molecule has 2 fully saturated rings. The van der Waals surface area contributed by atoms with E-state index in [2.05, 4.69) is 4.98 Å². The Balaban J connectivity index is 1.46. The summed E-state index contributed by atoms with van der Waals surface area (Å²) >= 11 is 0. The smallest absolute Gasteiger partial charge is 0.240 e. The quantitative estimate of drug-likeness (QED) is 0.413. The van der Waals surface area contributed by atoms with E-state index in [4.69, 9.17) is 4.74 Å². The first kappa shape index (κ1) is 25.3. The Morgan fingerprint density at radius 1 is 1.00 bits per heavy atom. The third-order valence-electron chi connectivity index (χ3n) is 6.91. The van der Waals surface area contributed by atoms with Gasteiger partial charge in [-0.25, -0.2) is 0 Å². The maximum Gasteiger partial charge on any atom is 0.240 e. The number of hydrogen-bond donors (Lipinski definition) is 0. The van der Waals surface area contributed by atoms with Crippen LogP contribution in [0.5, 0.6) is 5.75 Å². The van der Waals surface area contributed by atoms with E-state index in [1.165, 1.54) is 11.8 Å². The van der Waals surface area contributed by atoms with E-state index in [-0.39, 0.29) is 43.0 Å². The second-order valence-electron chi connectivity index (χ2n) is 9.28. The molecule has 2 saturated heterocycles. The van der Waals surface area contributed by atoms with Gasteiger partial charge >= 0.3 is 0 Å². The van der Waals surface area contributed by atoms with Gasteiger partial charge in [0.1, 0.15) is 5.75 Å². The molecule has 4 amide bonds. The summed E-state index contributed by atoms with van der Waals surface area (Å²) in [6.07, 6.45) is 4.29. The molecule has 2 aliphatic rings. The molecular weight excluding hydrogens is 460 g/mol. The van der Waals surface area contributed by atoms with Gasteiger partial charge in [0.15, 0.2) is 0 Å². The SMILES string of the molecule is CC(=O)N1CCCN(C(=O)C[C@@]2(c3ccccc3)CC(=O)N(CCCOc3cccnc3)C2=O)CC1. The van der Waals surface area contributed by atoms with Gasteiger partial charge in [0.2, 0.25) is 23.6 Å². The first-order valence-electron chi connectivity index (χ1n) is 12.4. The van der Waals surface area contributed by atoms with E-state index < -0.39 is 5.41 Å². The van der Waals surface area contributed by atoms with Crippen LogP contribution in [0, 0.1) is 0 Å². The van der Waals surface area contributed by atoms with Crippen molar-refractivity contribution in [1.82, 2.24) is 19.7 Å². The molecule has 3 heterocycles. The molecule has 2 aromatic rings. The highest BCUT2D eigenvalue weighted by molar-refractivity contribution is 6.10. The molecule has 0 N–H and O–H groups in total. The number of aromatic nitrogens is 1. The Bertz CT molecular complexity index is 1090. The molecule has 2 aliphatic heterocycles. The number of benzene rings is 1. The van der Waals surface area contributed by atoms with Crippen molar-refractivity contribution >= 4 is 23.6 Å². The van der Waals surface area contributed by atoms with Crippen LogP contribution in [0.2, 0.25) is 0 Å². The van der Waals surface area contributed by atoms with Crippen molar-refractivity contribution < 1.29 is 23.9 Å². The lowest BCUT2D eigenvalue weighted by Gasteiger charge is -2.30. The van der Waals surface area contributed by atoms with Crippen molar-refractivity contribution in [3.8, 4) is 5.75 Å². The molecule has 1 atom stereocenters. The van der Waals surface area contributed by atoms with E-state index >= 15 is 0 Å². The van der Waals surface area contributed by atoms with Crippen LogP contribution in [0.1, 0.15) is 38.2 Å². The van der Waals surface area contributed by atoms with Gasteiger partial charge in [-0.1, -0.05) is 30.3 Å². The summed E-state index contributed by atoms with van der Waals surface area (Å²) in [6, 6.07) is 12.7. The Morgan fingerprint density at radius 2 is 1.75 bits per heavy atom. The highest BCUT2D eigenvalue weighted by Crippen LogP contribution is 2.40. The van der Waals surface area contributed by atoms with Gasteiger partial charge in [0.25, 0.3) is 0 Å². The average Bonchev–Trinajstić information content (AvgIpc) is 3.04. The van der Waals surface area contributed by atoms with Crippen molar-refractivity contribution in [2.45, 2.75) is 38.0 Å². The molecule has 1 aromatic carbocycles. The number of ether oxygens (including phenoxy) is 1. The van der Waals surface area contributed by atoms with E-state index in [0.717, 1.165) is 0 Å². The molecule has 9 heteroatoms. The molecule has 0 spiro atoms. The van der Waals surface area contributed by atoms with Crippen molar-refractivity contribution in [3.05, 3.63) is 60.4 Å². The second kappa shape index (κ2) is 11.3. The van der Waals surface area contributed by atoms with Crippen LogP contribution < -0.4 is 4.74 Å². The molecule has 1 aromatic heterocycles. The summed E-state index contributed by atoms with van der Waals surface area (Å²) in [5, 5.41) is 0. The number of carbonyl (C=O) groups is 4. The topological polar surface area (TPSA) is 100 Å². The van der Waals surface area contributed by atoms with Crippen LogP contribution in [0.3, 0.4) is 0 Å². The van der Waals surface area contributed by atoms with E-state index in [1.807, 2.05) is 30.3 Å². The summed E-state index contributed by atoms with van der Waals surface area (Å²) in [7, 11) is 0. The van der Waals surface area contributed by atoms with Gasteiger partial charge in [-0.15, -0.1) is 0 Å². The third-order valence-corrected chi connectivity index (χ3v) is 6.91. The lowest BCUT2D eigenvalue weighted by Crippen LogP contribution is -2.44. The van der Waals surface area contributed by atoms with Gasteiger partial charge in [0, 0.05) is 58.7 Å². The van der Waals surface area contributed by atoms with E-state index in [0.29, 0.717) is 56.9 Å². The van der Waals surface area contributed by atoms with Gasteiger partial charge in [0.05, 0.1) is 18.2 Å². The predicted molar refractivity (Wildman–Crippen MR) is 132 cm³/mol. The Hall–Kier alpha value is -3.75. The zero-order valence-corrected chi connectivity index (χ0v) is 20.6. The van der Waals surface area contributed by atoms with Crippen LogP contribution in [-0.4, -0.2) is 82.6 Å². The summed E-state index contributed by atoms with van der Waals surface area (Å²) in [5.74, 6) is -0.177. The first-order chi connectivity index (χ1) is 17.4. The number of rotatable bonds is 8. The van der Waals surface area contributed by atoms with Gasteiger partial charge in [-0.2, -0.15) is 0 Å². The lowest BCUT2D eigenvalue weighted by atomic mass is 9.75. The fourth-order valence-corrected chi connectivity index (χ4v) is 4.95. The van der Waals surface area contributed by atoms with Crippen molar-refractivity contribution in [2.75, 3.05) is 39.3 Å². The Labute approximate surface area is 211 Å². The lowest BCUT2D eigenvalue weighted by molar-refractivity contribution is -0.142. The van der Waals surface area contributed by atoms with Gasteiger partial charge in [-0.05, 0) is 30.5 Å². The van der Waals surface area contributed by atoms with E-state index in [1.54, 1.807) is 34.3 Å². The second-order valence-corrected chi connectivity index (χ2v) is 9.28.